The average Bonchev–Trinajstić information content (AvgIpc) is 2.42. The number of methoxy groups -OCH3 is 1. The van der Waals surface area contributed by atoms with Crippen LogP contribution in [0, 0.1) is 5.92 Å². The molecule has 2 N–H and O–H groups in total. The highest BCUT2D eigenvalue weighted by atomic mass is 16.5. The van der Waals surface area contributed by atoms with Crippen LogP contribution in [0.5, 0.6) is 5.75 Å². The summed E-state index contributed by atoms with van der Waals surface area (Å²) < 4.78 is 5.19. The number of amides is 1. The molecule has 0 saturated carbocycles. The van der Waals surface area contributed by atoms with Gasteiger partial charge in [-0.2, -0.15) is 0 Å². The molecule has 0 aliphatic rings. The van der Waals surface area contributed by atoms with Crippen LogP contribution in [-0.2, 0) is 11.3 Å². The highest BCUT2D eigenvalue weighted by Crippen LogP contribution is 2.13. The normalized spacial score (nSPS) is 12.3. The molecule has 4 nitrogen and oxygen atoms in total. The number of benzene rings is 1. The molecule has 0 aromatic heterocycles. The van der Waals surface area contributed by atoms with E-state index in [0.717, 1.165) is 17.7 Å². The molecule has 19 heavy (non-hydrogen) atoms. The largest absolute Gasteiger partial charge is 0.497 e. The second-order valence-electron chi connectivity index (χ2n) is 5.03. The van der Waals surface area contributed by atoms with Crippen LogP contribution in [0.15, 0.2) is 24.3 Å². The summed E-state index contributed by atoms with van der Waals surface area (Å²) in [5.41, 5.74) is 1.11. The van der Waals surface area contributed by atoms with Crippen molar-refractivity contribution in [1.82, 2.24) is 10.6 Å². The maximum Gasteiger partial charge on any atom is 0.236 e. The molecule has 4 heteroatoms. The molecule has 0 spiro atoms. The zero-order valence-electron chi connectivity index (χ0n) is 12.2. The second kappa shape index (κ2) is 7.79. The maximum atomic E-state index is 11.8. The van der Waals surface area contributed by atoms with E-state index in [4.69, 9.17) is 4.74 Å². The van der Waals surface area contributed by atoms with Crippen LogP contribution < -0.4 is 15.4 Å². The van der Waals surface area contributed by atoms with Crippen LogP contribution in [0.4, 0.5) is 0 Å². The van der Waals surface area contributed by atoms with Gasteiger partial charge in [-0.1, -0.05) is 26.0 Å². The first kappa shape index (κ1) is 15.5. The number of hydrogen-bond acceptors (Lipinski definition) is 3. The van der Waals surface area contributed by atoms with Crippen molar-refractivity contribution in [2.24, 2.45) is 5.92 Å². The van der Waals surface area contributed by atoms with E-state index in [1.165, 1.54) is 0 Å². The van der Waals surface area contributed by atoms with E-state index < -0.39 is 0 Å². The van der Waals surface area contributed by atoms with Gasteiger partial charge in [0, 0.05) is 13.6 Å². The van der Waals surface area contributed by atoms with Gasteiger partial charge in [0.1, 0.15) is 5.75 Å². The third-order valence-electron chi connectivity index (χ3n) is 2.96. The SMILES string of the molecule is CNC(=O)C(CC(C)C)NCc1cccc(OC)c1. The molecular weight excluding hydrogens is 240 g/mol. The van der Waals surface area contributed by atoms with Crippen LogP contribution in [0.3, 0.4) is 0 Å². The van der Waals surface area contributed by atoms with Gasteiger partial charge in [0.25, 0.3) is 0 Å². The Bertz CT molecular complexity index is 405. The van der Waals surface area contributed by atoms with E-state index in [9.17, 15) is 4.79 Å². The summed E-state index contributed by atoms with van der Waals surface area (Å²) in [4.78, 5) is 11.8. The molecule has 0 radical (unpaired) electrons. The summed E-state index contributed by atoms with van der Waals surface area (Å²) in [5.74, 6) is 1.34. The van der Waals surface area contributed by atoms with Gasteiger partial charge in [-0.25, -0.2) is 0 Å². The van der Waals surface area contributed by atoms with Crippen LogP contribution >= 0.6 is 0 Å². The molecule has 1 amide bonds. The van der Waals surface area contributed by atoms with Crippen molar-refractivity contribution in [1.29, 1.82) is 0 Å². The first-order valence-electron chi connectivity index (χ1n) is 6.64. The van der Waals surface area contributed by atoms with Gasteiger partial charge >= 0.3 is 0 Å². The predicted octanol–water partition coefficient (Wildman–Crippen LogP) is 1.95. The topological polar surface area (TPSA) is 50.4 Å². The van der Waals surface area contributed by atoms with Crippen molar-refractivity contribution in [2.75, 3.05) is 14.2 Å². The molecular formula is C15H24N2O2. The van der Waals surface area contributed by atoms with Crippen LogP contribution in [-0.4, -0.2) is 26.1 Å². The quantitative estimate of drug-likeness (QED) is 0.791. The molecule has 0 bridgehead atoms. The standard InChI is InChI=1S/C15H24N2O2/c1-11(2)8-14(15(18)16-3)17-10-12-6-5-7-13(9-12)19-4/h5-7,9,11,14,17H,8,10H2,1-4H3,(H,16,18). The third-order valence-corrected chi connectivity index (χ3v) is 2.96. The summed E-state index contributed by atoms with van der Waals surface area (Å²) in [6, 6.07) is 7.70. The first-order valence-corrected chi connectivity index (χ1v) is 6.64. The van der Waals surface area contributed by atoms with Gasteiger partial charge in [0.15, 0.2) is 0 Å². The number of rotatable bonds is 7. The molecule has 1 unspecified atom stereocenters. The fourth-order valence-electron chi connectivity index (χ4n) is 1.95. The van der Waals surface area contributed by atoms with Crippen molar-refractivity contribution in [3.05, 3.63) is 29.8 Å². The Morgan fingerprint density at radius 1 is 1.37 bits per heavy atom. The second-order valence-corrected chi connectivity index (χ2v) is 5.03. The summed E-state index contributed by atoms with van der Waals surface area (Å²) in [6.07, 6.45) is 0.823. The molecule has 0 heterocycles. The van der Waals surface area contributed by atoms with Crippen molar-refractivity contribution >= 4 is 5.91 Å². The molecule has 1 aromatic carbocycles. The minimum absolute atomic E-state index is 0.0385. The Balaban J connectivity index is 2.61. The van der Waals surface area contributed by atoms with Crippen molar-refractivity contribution < 1.29 is 9.53 Å². The van der Waals surface area contributed by atoms with Gasteiger partial charge in [0.05, 0.1) is 13.2 Å². The van der Waals surface area contributed by atoms with Crippen LogP contribution in [0.1, 0.15) is 25.8 Å². The van der Waals surface area contributed by atoms with E-state index in [1.54, 1.807) is 14.2 Å². The molecule has 0 saturated heterocycles. The lowest BCUT2D eigenvalue weighted by Gasteiger charge is -2.19. The molecule has 1 rings (SSSR count). The maximum absolute atomic E-state index is 11.8. The molecule has 1 atom stereocenters. The van der Waals surface area contributed by atoms with Crippen molar-refractivity contribution in [2.45, 2.75) is 32.9 Å². The number of carbonyl (C=O) groups is 1. The lowest BCUT2D eigenvalue weighted by Crippen LogP contribution is -2.43. The number of carbonyl (C=O) groups excluding carboxylic acids is 1. The zero-order valence-corrected chi connectivity index (χ0v) is 12.2. The fraction of sp³-hybridized carbons (Fsp3) is 0.533. The Morgan fingerprint density at radius 2 is 2.11 bits per heavy atom. The van der Waals surface area contributed by atoms with E-state index in [2.05, 4.69) is 24.5 Å². The van der Waals surface area contributed by atoms with Crippen LogP contribution in [0.25, 0.3) is 0 Å². The van der Waals surface area contributed by atoms with Crippen LogP contribution in [0.2, 0.25) is 0 Å². The van der Waals surface area contributed by atoms with Gasteiger partial charge in [0.2, 0.25) is 5.91 Å². The summed E-state index contributed by atoms with van der Waals surface area (Å²) >= 11 is 0. The van der Waals surface area contributed by atoms with E-state index in [-0.39, 0.29) is 11.9 Å². The van der Waals surface area contributed by atoms with Gasteiger partial charge in [-0.3, -0.25) is 4.79 Å². The summed E-state index contributed by atoms with van der Waals surface area (Å²) in [5, 5.41) is 6.00. The highest BCUT2D eigenvalue weighted by Gasteiger charge is 2.17. The van der Waals surface area contributed by atoms with Gasteiger partial charge in [-0.05, 0) is 30.0 Å². The lowest BCUT2D eigenvalue weighted by molar-refractivity contribution is -0.123. The lowest BCUT2D eigenvalue weighted by atomic mass is 10.0. The van der Waals surface area contributed by atoms with Crippen molar-refractivity contribution in [3.63, 3.8) is 0 Å². The van der Waals surface area contributed by atoms with E-state index >= 15 is 0 Å². The smallest absolute Gasteiger partial charge is 0.236 e. The highest BCUT2D eigenvalue weighted by molar-refractivity contribution is 5.81. The molecule has 0 aliphatic heterocycles. The Hall–Kier alpha value is -1.55. The number of ether oxygens (including phenoxy) is 1. The molecule has 106 valence electrons. The van der Waals surface area contributed by atoms with E-state index in [0.29, 0.717) is 12.5 Å². The first-order chi connectivity index (χ1) is 9.06. The Kier molecular flexibility index (Phi) is 6.36. The molecule has 0 fully saturated rings. The zero-order chi connectivity index (χ0) is 14.3. The average molecular weight is 264 g/mol. The molecule has 0 aliphatic carbocycles. The molecule has 1 aromatic rings. The van der Waals surface area contributed by atoms with Gasteiger partial charge in [-0.15, -0.1) is 0 Å². The Morgan fingerprint density at radius 3 is 2.68 bits per heavy atom. The third kappa shape index (κ3) is 5.30. The predicted molar refractivity (Wildman–Crippen MR) is 77.1 cm³/mol. The fourth-order valence-corrected chi connectivity index (χ4v) is 1.95. The summed E-state index contributed by atoms with van der Waals surface area (Å²) in [6.45, 7) is 4.88. The number of nitrogens with one attached hydrogen (secondary N) is 2. The number of likely N-dealkylation sites (N-methyl/N-ethyl adjacent to an activating group) is 1. The minimum Gasteiger partial charge on any atom is -0.497 e. The summed E-state index contributed by atoms with van der Waals surface area (Å²) in [7, 11) is 3.32. The van der Waals surface area contributed by atoms with Crippen molar-refractivity contribution in [3.8, 4) is 5.75 Å². The van der Waals surface area contributed by atoms with Gasteiger partial charge < -0.3 is 15.4 Å². The Labute approximate surface area is 115 Å². The minimum atomic E-state index is -0.156. The monoisotopic (exact) mass is 264 g/mol. The number of hydrogen-bond donors (Lipinski definition) is 2. The van der Waals surface area contributed by atoms with E-state index in [1.807, 2.05) is 24.3 Å².